The minimum atomic E-state index is -4.61. The summed E-state index contributed by atoms with van der Waals surface area (Å²) < 4.78 is 82.1. The summed E-state index contributed by atoms with van der Waals surface area (Å²) in [4.78, 5) is 36.8. The third-order valence-corrected chi connectivity index (χ3v) is 13.9. The number of nitro benzene ring substituents is 1. The summed E-state index contributed by atoms with van der Waals surface area (Å²) in [6.45, 7) is 10.3. The van der Waals surface area contributed by atoms with Crippen molar-refractivity contribution in [3.8, 4) is 11.5 Å². The highest BCUT2D eigenvalue weighted by atomic mass is 32.2. The number of anilines is 2. The molecule has 0 saturated carbocycles. The topological polar surface area (TPSA) is 172 Å². The Morgan fingerprint density at radius 1 is 1.05 bits per heavy atom. The van der Waals surface area contributed by atoms with Crippen LogP contribution in [0.25, 0.3) is 16.6 Å². The van der Waals surface area contributed by atoms with Crippen LogP contribution in [0, 0.1) is 22.5 Å². The molecule has 1 amide bonds. The van der Waals surface area contributed by atoms with Gasteiger partial charge in [0.05, 0.1) is 33.2 Å². The van der Waals surface area contributed by atoms with Crippen molar-refractivity contribution in [2.45, 2.75) is 76.5 Å². The third-order valence-electron chi connectivity index (χ3n) is 12.5. The Kier molecular flexibility index (Phi) is 13.0. The van der Waals surface area contributed by atoms with Gasteiger partial charge in [0.2, 0.25) is 0 Å². The van der Waals surface area contributed by atoms with Gasteiger partial charge < -0.3 is 24.7 Å². The van der Waals surface area contributed by atoms with Crippen LogP contribution in [-0.2, 0) is 20.9 Å². The summed E-state index contributed by atoms with van der Waals surface area (Å²) >= 11 is 0. The zero-order chi connectivity index (χ0) is 46.1. The Balaban J connectivity index is 1.01. The molecule has 4 heterocycles. The Morgan fingerprint density at radius 3 is 2.57 bits per heavy atom. The van der Waals surface area contributed by atoms with E-state index in [1.54, 1.807) is 37.4 Å². The number of hydrogen-bond donors (Lipinski definition) is 3. The van der Waals surface area contributed by atoms with Gasteiger partial charge >= 0.3 is 6.18 Å². The van der Waals surface area contributed by atoms with Crippen LogP contribution < -0.4 is 19.7 Å². The van der Waals surface area contributed by atoms with E-state index >= 15 is 0 Å². The van der Waals surface area contributed by atoms with Crippen molar-refractivity contribution in [2.75, 3.05) is 56.1 Å². The van der Waals surface area contributed by atoms with Crippen LogP contribution in [0.4, 0.5) is 30.2 Å². The number of hydrogen-bond acceptors (Lipinski definition) is 11. The number of benzene rings is 3. The van der Waals surface area contributed by atoms with Crippen LogP contribution in [0.2, 0.25) is 0 Å². The molecule has 65 heavy (non-hydrogen) atoms. The molecule has 3 N–H and O–H groups in total. The van der Waals surface area contributed by atoms with Gasteiger partial charge in [0.1, 0.15) is 22.8 Å². The summed E-state index contributed by atoms with van der Waals surface area (Å²) in [6.07, 6.45) is 4.00. The van der Waals surface area contributed by atoms with Crippen molar-refractivity contribution in [1.29, 1.82) is 0 Å². The van der Waals surface area contributed by atoms with Crippen LogP contribution in [-0.4, -0.2) is 86.1 Å². The van der Waals surface area contributed by atoms with Gasteiger partial charge in [0, 0.05) is 75.3 Å². The van der Waals surface area contributed by atoms with E-state index in [2.05, 4.69) is 43.7 Å². The van der Waals surface area contributed by atoms with Gasteiger partial charge in [-0.1, -0.05) is 25.5 Å². The largest absolute Gasteiger partial charge is 0.455 e. The summed E-state index contributed by atoms with van der Waals surface area (Å²) in [5.41, 5.74) is 4.11. The van der Waals surface area contributed by atoms with Crippen molar-refractivity contribution >= 4 is 49.6 Å². The highest BCUT2D eigenvalue weighted by Gasteiger charge is 2.34. The van der Waals surface area contributed by atoms with E-state index in [1.165, 1.54) is 42.1 Å². The molecule has 0 bridgehead atoms. The molecule has 2 aliphatic heterocycles. The van der Waals surface area contributed by atoms with Crippen molar-refractivity contribution in [3.63, 3.8) is 0 Å². The Labute approximate surface area is 375 Å². The Bertz CT molecular complexity index is 2740. The van der Waals surface area contributed by atoms with E-state index in [0.717, 1.165) is 66.8 Å². The second-order valence-corrected chi connectivity index (χ2v) is 19.5. The smallest absolute Gasteiger partial charge is 0.416 e. The first-order chi connectivity index (χ1) is 30.9. The zero-order valence-electron chi connectivity index (χ0n) is 36.5. The molecule has 5 aromatic rings. The fourth-order valence-electron chi connectivity index (χ4n) is 8.89. The standard InChI is InChI=1S/C47H52F3N7O7S/c1-30-22-33(47(48,49)50)7-10-38(30)40-26-46(2,3)15-13-32(40)29-55-17-19-56(20-18-55)34-8-11-39(43(24-34)64-36-23-31-14-16-51-44(31)53-28-36)45(58)54-65(61,62)37-9-12-41(42(25-37)57(59)60)52-27-35-6-4-5-21-63-35/h7-12,14,16,22-25,28,35,52H,4-6,13,15,17-21,26-27,29H2,1-3H3,(H,51,53)(H,54,58)/t35-/m0/s1. The maximum atomic E-state index is 13.9. The number of amides is 1. The molecule has 0 spiro atoms. The van der Waals surface area contributed by atoms with E-state index in [9.17, 15) is 36.5 Å². The Hall–Kier alpha value is -5.98. The molecule has 0 radical (unpaired) electrons. The SMILES string of the molecule is Cc1cc(C(F)(F)F)ccc1C1=C(CN2CCN(c3ccc(C(=O)NS(=O)(=O)c4ccc(NC[C@@H]5CCCCO5)c([N+](=O)[O-])c4)c(Oc4cnc5[nH]ccc5c4)c3)CC2)CCC(C)(C)C1. The molecule has 8 rings (SSSR count). The number of fused-ring (bicyclic) bond motifs is 1. The number of allylic oxidation sites excluding steroid dienone is 1. The number of rotatable bonds is 13. The number of H-pyrrole nitrogens is 1. The number of carbonyl (C=O) groups is 1. The van der Waals surface area contributed by atoms with Crippen LogP contribution >= 0.6 is 0 Å². The van der Waals surface area contributed by atoms with Gasteiger partial charge in [-0.3, -0.25) is 19.8 Å². The van der Waals surface area contributed by atoms with E-state index < -0.39 is 43.2 Å². The maximum absolute atomic E-state index is 13.9. The van der Waals surface area contributed by atoms with Gasteiger partial charge in [-0.15, -0.1) is 0 Å². The number of ether oxygens (including phenoxy) is 2. The summed E-state index contributed by atoms with van der Waals surface area (Å²) in [5, 5.41) is 15.8. The average molecular weight is 916 g/mol. The second-order valence-electron chi connectivity index (χ2n) is 17.8. The number of aryl methyl sites for hydroxylation is 1. The summed E-state index contributed by atoms with van der Waals surface area (Å²) in [7, 11) is -4.61. The first-order valence-corrected chi connectivity index (χ1v) is 23.2. The van der Waals surface area contributed by atoms with Gasteiger partial charge in [0.25, 0.3) is 21.6 Å². The number of halogens is 3. The van der Waals surface area contributed by atoms with Crippen molar-refractivity contribution in [3.05, 3.63) is 117 Å². The van der Waals surface area contributed by atoms with Crippen LogP contribution in [0.3, 0.4) is 0 Å². The molecular weight excluding hydrogens is 864 g/mol. The first-order valence-electron chi connectivity index (χ1n) is 21.7. The molecule has 344 valence electrons. The van der Waals surface area contributed by atoms with Crippen LogP contribution in [0.1, 0.15) is 79.4 Å². The lowest BCUT2D eigenvalue weighted by Gasteiger charge is -2.39. The van der Waals surface area contributed by atoms with E-state index in [1.807, 2.05) is 6.07 Å². The van der Waals surface area contributed by atoms with Gasteiger partial charge in [-0.2, -0.15) is 13.2 Å². The van der Waals surface area contributed by atoms with Crippen LogP contribution in [0.5, 0.6) is 11.5 Å². The minimum absolute atomic E-state index is 0.0111. The summed E-state index contributed by atoms with van der Waals surface area (Å²) in [5.74, 6) is -0.637. The number of nitro groups is 1. The number of aromatic nitrogens is 2. The molecule has 1 aliphatic carbocycles. The number of alkyl halides is 3. The fraction of sp³-hybridized carbons (Fsp3) is 0.404. The minimum Gasteiger partial charge on any atom is -0.455 e. The lowest BCUT2D eigenvalue weighted by Crippen LogP contribution is -2.47. The highest BCUT2D eigenvalue weighted by Crippen LogP contribution is 2.45. The maximum Gasteiger partial charge on any atom is 0.416 e. The number of pyridine rings is 1. The van der Waals surface area contributed by atoms with E-state index in [0.29, 0.717) is 62.8 Å². The molecule has 3 aromatic carbocycles. The van der Waals surface area contributed by atoms with Gasteiger partial charge in [0.15, 0.2) is 0 Å². The molecule has 3 aliphatic rings. The number of piperazine rings is 1. The molecule has 2 fully saturated rings. The predicted molar refractivity (Wildman–Crippen MR) is 242 cm³/mol. The third kappa shape index (κ3) is 10.6. The highest BCUT2D eigenvalue weighted by molar-refractivity contribution is 7.90. The lowest BCUT2D eigenvalue weighted by molar-refractivity contribution is -0.384. The number of carbonyl (C=O) groups excluding carboxylic acids is 1. The average Bonchev–Trinajstić information content (AvgIpc) is 3.74. The quantitative estimate of drug-likeness (QED) is 0.0759. The number of aromatic amines is 1. The first kappa shape index (κ1) is 45.6. The molecule has 14 nitrogen and oxygen atoms in total. The fourth-order valence-corrected chi connectivity index (χ4v) is 9.88. The normalized spacial score (nSPS) is 18.4. The summed E-state index contributed by atoms with van der Waals surface area (Å²) in [6, 6.07) is 15.9. The Morgan fingerprint density at radius 2 is 1.85 bits per heavy atom. The molecule has 1 atom stereocenters. The van der Waals surface area contributed by atoms with E-state index in [4.69, 9.17) is 9.47 Å². The van der Waals surface area contributed by atoms with Crippen molar-refractivity contribution in [1.82, 2.24) is 19.6 Å². The number of nitrogens with zero attached hydrogens (tertiary/aromatic N) is 4. The molecule has 2 saturated heterocycles. The number of sulfonamides is 1. The second kappa shape index (κ2) is 18.5. The predicted octanol–water partition coefficient (Wildman–Crippen LogP) is 9.48. The molecular formula is C47H52F3N7O7S. The number of nitrogens with one attached hydrogen (secondary N) is 3. The lowest BCUT2D eigenvalue weighted by atomic mass is 9.72. The van der Waals surface area contributed by atoms with E-state index in [-0.39, 0.29) is 28.5 Å². The zero-order valence-corrected chi connectivity index (χ0v) is 37.3. The van der Waals surface area contributed by atoms with Gasteiger partial charge in [-0.25, -0.2) is 18.1 Å². The molecule has 0 unspecified atom stereocenters. The molecule has 2 aromatic heterocycles. The van der Waals surface area contributed by atoms with Gasteiger partial charge in [-0.05, 0) is 116 Å². The van der Waals surface area contributed by atoms with Crippen LogP contribution in [0.15, 0.2) is 89.6 Å². The molecule has 18 heteroatoms. The monoisotopic (exact) mass is 915 g/mol. The van der Waals surface area contributed by atoms with Crippen molar-refractivity contribution in [2.24, 2.45) is 5.41 Å². The van der Waals surface area contributed by atoms with Crippen molar-refractivity contribution < 1.29 is 40.8 Å².